The summed E-state index contributed by atoms with van der Waals surface area (Å²) < 4.78 is 40.3. The maximum atomic E-state index is 13.0. The number of hydrogen-bond donors (Lipinski definition) is 2. The van der Waals surface area contributed by atoms with Crippen LogP contribution in [0.15, 0.2) is 29.3 Å². The number of aryl methyl sites for hydroxylation is 1. The number of amides is 2. The second-order valence-electron chi connectivity index (χ2n) is 8.73. The first-order valence-corrected chi connectivity index (χ1v) is 12.8. The van der Waals surface area contributed by atoms with Crippen LogP contribution < -0.4 is 20.5 Å². The molecule has 11 heteroatoms. The van der Waals surface area contributed by atoms with E-state index in [0.717, 1.165) is 17.7 Å². The van der Waals surface area contributed by atoms with Gasteiger partial charge in [0.05, 0.1) is 12.3 Å². The molecule has 3 N–H and O–H groups in total. The highest BCUT2D eigenvalue weighted by molar-refractivity contribution is 7.89. The van der Waals surface area contributed by atoms with Gasteiger partial charge in [-0.3, -0.25) is 9.59 Å². The molecule has 1 saturated heterocycles. The zero-order chi connectivity index (χ0) is 24.6. The number of nitrogens with zero attached hydrogens (tertiary/aromatic N) is 2. The summed E-state index contributed by atoms with van der Waals surface area (Å²) >= 11 is 0. The van der Waals surface area contributed by atoms with Gasteiger partial charge in [0, 0.05) is 50.3 Å². The van der Waals surface area contributed by atoms with Crippen LogP contribution in [-0.4, -0.2) is 54.9 Å². The van der Waals surface area contributed by atoms with Gasteiger partial charge < -0.3 is 25.1 Å². The number of nitrogens with two attached hydrogens (primary N) is 1. The first-order chi connectivity index (χ1) is 16.1. The van der Waals surface area contributed by atoms with Crippen LogP contribution in [0.25, 0.3) is 0 Å². The van der Waals surface area contributed by atoms with Gasteiger partial charge in [0.15, 0.2) is 0 Å². The second-order valence-corrected chi connectivity index (χ2v) is 10.7. The SMILES string of the molecule is CCOc1cc2c(cc1NC(=O)C1CCN(S(=O)(=O)c3cc(C(N)=O)n(C)c3)CC1)OC(C)C2. The Labute approximate surface area is 199 Å². The molecule has 0 aliphatic carbocycles. The van der Waals surface area contributed by atoms with Crippen molar-refractivity contribution >= 4 is 27.5 Å². The zero-order valence-corrected chi connectivity index (χ0v) is 20.4. The second kappa shape index (κ2) is 9.30. The lowest BCUT2D eigenvalue weighted by Crippen LogP contribution is -2.41. The van der Waals surface area contributed by atoms with Crippen molar-refractivity contribution < 1.29 is 27.5 Å². The molecule has 0 bridgehead atoms. The minimum atomic E-state index is -3.79. The maximum Gasteiger partial charge on any atom is 0.265 e. The fourth-order valence-corrected chi connectivity index (χ4v) is 6.02. The van der Waals surface area contributed by atoms with Crippen LogP contribution in [0.4, 0.5) is 5.69 Å². The zero-order valence-electron chi connectivity index (χ0n) is 19.5. The Kier molecular flexibility index (Phi) is 6.59. The molecule has 1 fully saturated rings. The van der Waals surface area contributed by atoms with E-state index in [9.17, 15) is 18.0 Å². The molecule has 1 aromatic heterocycles. The average molecular weight is 491 g/mol. The van der Waals surface area contributed by atoms with Crippen LogP contribution in [-0.2, 0) is 28.3 Å². The van der Waals surface area contributed by atoms with Gasteiger partial charge in [0.2, 0.25) is 15.9 Å². The van der Waals surface area contributed by atoms with E-state index in [0.29, 0.717) is 30.9 Å². The number of anilines is 1. The van der Waals surface area contributed by atoms with Crippen molar-refractivity contribution in [1.29, 1.82) is 0 Å². The molecule has 1 atom stereocenters. The van der Waals surface area contributed by atoms with E-state index in [2.05, 4.69) is 5.32 Å². The van der Waals surface area contributed by atoms with Crippen molar-refractivity contribution in [1.82, 2.24) is 8.87 Å². The molecule has 2 aromatic rings. The van der Waals surface area contributed by atoms with E-state index in [1.54, 1.807) is 13.1 Å². The van der Waals surface area contributed by atoms with Gasteiger partial charge in [-0.2, -0.15) is 4.31 Å². The first-order valence-electron chi connectivity index (χ1n) is 11.3. The van der Waals surface area contributed by atoms with Gasteiger partial charge >= 0.3 is 0 Å². The van der Waals surface area contributed by atoms with Gasteiger partial charge in [0.25, 0.3) is 5.91 Å². The Hall–Kier alpha value is -3.05. The van der Waals surface area contributed by atoms with E-state index in [4.69, 9.17) is 15.2 Å². The summed E-state index contributed by atoms with van der Waals surface area (Å²) in [6, 6.07) is 4.99. The van der Waals surface area contributed by atoms with Crippen LogP contribution in [0.1, 0.15) is 42.7 Å². The summed E-state index contributed by atoms with van der Waals surface area (Å²) in [5.41, 5.74) is 7.02. The molecular formula is C23H30N4O6S. The predicted octanol–water partition coefficient (Wildman–Crippen LogP) is 1.89. The Morgan fingerprint density at radius 3 is 2.56 bits per heavy atom. The molecule has 34 heavy (non-hydrogen) atoms. The van der Waals surface area contributed by atoms with Crippen molar-refractivity contribution in [2.45, 2.75) is 44.1 Å². The van der Waals surface area contributed by atoms with Crippen LogP contribution in [0.3, 0.4) is 0 Å². The summed E-state index contributed by atoms with van der Waals surface area (Å²) in [6.07, 6.45) is 3.00. The number of nitrogens with one attached hydrogen (secondary N) is 1. The number of hydrogen-bond acceptors (Lipinski definition) is 6. The number of benzene rings is 1. The van der Waals surface area contributed by atoms with E-state index < -0.39 is 15.9 Å². The Bertz CT molecular complexity index is 1210. The van der Waals surface area contributed by atoms with Gasteiger partial charge in [-0.05, 0) is 38.8 Å². The maximum absolute atomic E-state index is 13.0. The minimum absolute atomic E-state index is 0.0143. The van der Waals surface area contributed by atoms with Gasteiger partial charge in [0.1, 0.15) is 28.2 Å². The summed E-state index contributed by atoms with van der Waals surface area (Å²) in [4.78, 5) is 24.5. The molecule has 1 aromatic carbocycles. The van der Waals surface area contributed by atoms with Crippen molar-refractivity contribution in [2.75, 3.05) is 25.0 Å². The smallest absolute Gasteiger partial charge is 0.265 e. The highest BCUT2D eigenvalue weighted by atomic mass is 32.2. The normalized spacial score (nSPS) is 18.9. The number of sulfonamides is 1. The number of primary amides is 1. The topological polar surface area (TPSA) is 133 Å². The molecule has 0 radical (unpaired) electrons. The highest BCUT2D eigenvalue weighted by Gasteiger charge is 2.34. The summed E-state index contributed by atoms with van der Waals surface area (Å²) in [5, 5.41) is 2.95. The Balaban J connectivity index is 1.43. The van der Waals surface area contributed by atoms with Crippen molar-refractivity contribution in [2.24, 2.45) is 18.7 Å². The molecular weight excluding hydrogens is 460 g/mol. The quantitative estimate of drug-likeness (QED) is 0.609. The molecule has 1 unspecified atom stereocenters. The molecule has 10 nitrogen and oxygen atoms in total. The largest absolute Gasteiger partial charge is 0.492 e. The fourth-order valence-electron chi connectivity index (χ4n) is 4.47. The van der Waals surface area contributed by atoms with Gasteiger partial charge in [-0.15, -0.1) is 0 Å². The van der Waals surface area contributed by atoms with Gasteiger partial charge in [-0.25, -0.2) is 8.42 Å². The molecule has 0 spiro atoms. The number of ether oxygens (including phenoxy) is 2. The van der Waals surface area contributed by atoms with Crippen molar-refractivity contribution in [3.05, 3.63) is 35.7 Å². The molecule has 2 aliphatic rings. The van der Waals surface area contributed by atoms with Crippen LogP contribution in [0.2, 0.25) is 0 Å². The monoisotopic (exact) mass is 490 g/mol. The first kappa shape index (κ1) is 24.1. The van der Waals surface area contributed by atoms with Crippen LogP contribution in [0, 0.1) is 5.92 Å². The number of rotatable bonds is 7. The van der Waals surface area contributed by atoms with Gasteiger partial charge in [-0.1, -0.05) is 0 Å². The molecule has 0 saturated carbocycles. The standard InChI is InChI=1S/C23H30N4O6S/c1-4-32-21-10-16-9-14(2)33-20(16)12-18(21)25-23(29)15-5-7-27(8-6-15)34(30,31)17-11-19(22(24)28)26(3)13-17/h10-15H,4-9H2,1-3H3,(H2,24,28)(H,25,29). The lowest BCUT2D eigenvalue weighted by molar-refractivity contribution is -0.120. The number of piperidine rings is 1. The highest BCUT2D eigenvalue weighted by Crippen LogP contribution is 2.38. The van der Waals surface area contributed by atoms with E-state index in [1.165, 1.54) is 21.1 Å². The molecule has 4 rings (SSSR count). The number of fused-ring (bicyclic) bond motifs is 1. The lowest BCUT2D eigenvalue weighted by Gasteiger charge is -2.30. The number of aromatic nitrogens is 1. The third kappa shape index (κ3) is 4.62. The Morgan fingerprint density at radius 2 is 1.94 bits per heavy atom. The summed E-state index contributed by atoms with van der Waals surface area (Å²) in [7, 11) is -2.23. The predicted molar refractivity (Wildman–Crippen MR) is 125 cm³/mol. The number of carbonyl (C=O) groups excluding carboxylic acids is 2. The van der Waals surface area contributed by atoms with Crippen LogP contribution >= 0.6 is 0 Å². The average Bonchev–Trinajstić information content (AvgIpc) is 3.36. The van der Waals surface area contributed by atoms with E-state index in [-0.39, 0.29) is 41.6 Å². The fraction of sp³-hybridized carbons (Fsp3) is 0.478. The minimum Gasteiger partial charge on any atom is -0.492 e. The summed E-state index contributed by atoms with van der Waals surface area (Å²) in [5.74, 6) is 0.120. The van der Waals surface area contributed by atoms with E-state index in [1.807, 2.05) is 19.9 Å². The van der Waals surface area contributed by atoms with Crippen molar-refractivity contribution in [3.63, 3.8) is 0 Å². The number of carbonyl (C=O) groups is 2. The molecule has 184 valence electrons. The Morgan fingerprint density at radius 1 is 1.24 bits per heavy atom. The third-order valence-electron chi connectivity index (χ3n) is 6.25. The van der Waals surface area contributed by atoms with Crippen LogP contribution in [0.5, 0.6) is 11.5 Å². The van der Waals surface area contributed by atoms with E-state index >= 15 is 0 Å². The van der Waals surface area contributed by atoms with Crippen molar-refractivity contribution in [3.8, 4) is 11.5 Å². The molecule has 2 aliphatic heterocycles. The third-order valence-corrected chi connectivity index (χ3v) is 8.11. The molecule has 3 heterocycles. The lowest BCUT2D eigenvalue weighted by atomic mass is 9.97. The molecule has 2 amide bonds. The summed E-state index contributed by atoms with van der Waals surface area (Å²) in [6.45, 7) is 4.73.